The predicted molar refractivity (Wildman–Crippen MR) is 168 cm³/mol. The molecule has 1 fully saturated rings. The maximum Gasteiger partial charge on any atom is 0.417 e. The molecule has 4 rings (SSSR count). The molecule has 1 N–H and O–H groups in total. The summed E-state index contributed by atoms with van der Waals surface area (Å²) < 4.78 is 56.4. The maximum atomic E-state index is 15.3. The molecule has 10 nitrogen and oxygen atoms in total. The Balaban J connectivity index is 1.46. The maximum absolute atomic E-state index is 15.3. The number of alkyl halides is 3. The quantitative estimate of drug-likeness (QED) is 0.326. The highest BCUT2D eigenvalue weighted by atomic mass is 19.4. The summed E-state index contributed by atoms with van der Waals surface area (Å²) in [5.41, 5.74) is -1.16. The molecule has 0 radical (unpaired) electrons. The molecule has 1 aromatic heterocycles. The van der Waals surface area contributed by atoms with Crippen LogP contribution in [0.2, 0.25) is 0 Å². The van der Waals surface area contributed by atoms with Crippen LogP contribution in [-0.4, -0.2) is 111 Å². The summed E-state index contributed by atoms with van der Waals surface area (Å²) >= 11 is 0. The number of nitriles is 1. The fraction of sp³-hybridized carbons (Fsp3) is 0.500. The lowest BCUT2D eigenvalue weighted by molar-refractivity contribution is -0.137. The summed E-state index contributed by atoms with van der Waals surface area (Å²) in [5, 5.41) is 12.4. The Kier molecular flexibility index (Phi) is 11.2. The summed E-state index contributed by atoms with van der Waals surface area (Å²) in [6.07, 6.45) is -0.526. The van der Waals surface area contributed by atoms with Crippen molar-refractivity contribution < 1.29 is 27.2 Å². The van der Waals surface area contributed by atoms with Gasteiger partial charge in [0.05, 0.1) is 16.9 Å². The normalized spacial score (nSPS) is 18.0. The number of nitrogens with one attached hydrogen (secondary N) is 1. The van der Waals surface area contributed by atoms with E-state index >= 15 is 4.39 Å². The molecule has 2 aliphatic rings. The average molecular weight is 645 g/mol. The molecule has 46 heavy (non-hydrogen) atoms. The van der Waals surface area contributed by atoms with Gasteiger partial charge in [0, 0.05) is 64.6 Å². The Morgan fingerprint density at radius 1 is 1.17 bits per heavy atom. The third-order valence-electron chi connectivity index (χ3n) is 8.15. The summed E-state index contributed by atoms with van der Waals surface area (Å²) in [6.45, 7) is 6.13. The van der Waals surface area contributed by atoms with Crippen molar-refractivity contribution in [2.45, 2.75) is 32.0 Å². The number of carbonyl (C=O) groups excluding carboxylic acids is 2. The minimum Gasteiger partial charge on any atom is -0.367 e. The molecule has 0 unspecified atom stereocenters. The fourth-order valence-electron chi connectivity index (χ4n) is 5.74. The highest BCUT2D eigenvalue weighted by Crippen LogP contribution is 2.37. The van der Waals surface area contributed by atoms with Gasteiger partial charge in [-0.2, -0.15) is 18.4 Å². The molecular weight excluding hydrogens is 604 g/mol. The molecule has 2 aromatic rings. The van der Waals surface area contributed by atoms with Gasteiger partial charge in [-0.15, -0.1) is 0 Å². The van der Waals surface area contributed by atoms with Gasteiger partial charge in [-0.05, 0) is 58.6 Å². The molecule has 2 amide bonds. The van der Waals surface area contributed by atoms with Gasteiger partial charge in [0.15, 0.2) is 0 Å². The number of nitrogens with zero attached hydrogens (tertiary/aromatic N) is 7. The smallest absolute Gasteiger partial charge is 0.367 e. The first-order chi connectivity index (χ1) is 21.8. The summed E-state index contributed by atoms with van der Waals surface area (Å²) in [6, 6.07) is 5.83. The topological polar surface area (TPSA) is 99.0 Å². The van der Waals surface area contributed by atoms with Gasteiger partial charge in [-0.25, -0.2) is 9.37 Å². The zero-order valence-corrected chi connectivity index (χ0v) is 26.6. The third-order valence-corrected chi connectivity index (χ3v) is 8.15. The van der Waals surface area contributed by atoms with E-state index in [1.807, 2.05) is 34.9 Å². The standard InChI is InChI=1S/C32H40F4N8O2/c1-22-20-24(32(34,35)36)23(21-37)30(38-22)39-26-11-15-44(29-25(33)8-5-9-27(29)41(4)31(26)46)14-7-13-42-16-18-43(19-17-42)28(45)10-6-12-40(2)3/h5-6,8-10,20,26H,7,11-19H2,1-4H3,(H,38,39)/b10-6+/t26-/m0/s1. The molecule has 248 valence electrons. The lowest BCUT2D eigenvalue weighted by Gasteiger charge is -2.37. The van der Waals surface area contributed by atoms with Crippen LogP contribution in [0, 0.1) is 24.1 Å². The number of benzene rings is 1. The van der Waals surface area contributed by atoms with Crippen LogP contribution in [0.4, 0.5) is 34.8 Å². The Labute approximate surface area is 266 Å². The highest BCUT2D eigenvalue weighted by Gasteiger charge is 2.37. The first-order valence-electron chi connectivity index (χ1n) is 15.2. The van der Waals surface area contributed by atoms with E-state index in [4.69, 9.17) is 0 Å². The van der Waals surface area contributed by atoms with E-state index in [9.17, 15) is 28.0 Å². The third kappa shape index (κ3) is 8.32. The van der Waals surface area contributed by atoms with Crippen molar-refractivity contribution >= 4 is 29.0 Å². The van der Waals surface area contributed by atoms with Crippen LogP contribution in [0.1, 0.15) is 29.7 Å². The Bertz CT molecular complexity index is 1480. The number of fused-ring (bicyclic) bond motifs is 1. The van der Waals surface area contributed by atoms with Crippen LogP contribution in [0.3, 0.4) is 0 Å². The van der Waals surface area contributed by atoms with E-state index < -0.39 is 35.1 Å². The van der Waals surface area contributed by atoms with Crippen molar-refractivity contribution in [1.29, 1.82) is 5.26 Å². The van der Waals surface area contributed by atoms with Gasteiger partial charge in [-0.3, -0.25) is 14.5 Å². The van der Waals surface area contributed by atoms with Crippen LogP contribution in [0.15, 0.2) is 36.4 Å². The van der Waals surface area contributed by atoms with Crippen LogP contribution in [0.5, 0.6) is 0 Å². The fourth-order valence-corrected chi connectivity index (χ4v) is 5.74. The number of rotatable bonds is 9. The molecule has 2 aliphatic heterocycles. The summed E-state index contributed by atoms with van der Waals surface area (Å²) in [5.74, 6) is -1.30. The number of hydrogen-bond acceptors (Lipinski definition) is 8. The van der Waals surface area contributed by atoms with Crippen molar-refractivity contribution in [3.05, 3.63) is 59.1 Å². The van der Waals surface area contributed by atoms with E-state index in [-0.39, 0.29) is 36.1 Å². The number of aromatic nitrogens is 1. The number of piperazine rings is 1. The van der Waals surface area contributed by atoms with E-state index in [1.165, 1.54) is 31.0 Å². The lowest BCUT2D eigenvalue weighted by atomic mass is 10.0. The lowest BCUT2D eigenvalue weighted by Crippen LogP contribution is -2.49. The number of anilines is 3. The molecular formula is C32H40F4N8O2. The largest absolute Gasteiger partial charge is 0.417 e. The highest BCUT2D eigenvalue weighted by molar-refractivity contribution is 6.01. The van der Waals surface area contributed by atoms with Gasteiger partial charge in [-0.1, -0.05) is 12.1 Å². The first-order valence-corrected chi connectivity index (χ1v) is 15.2. The second kappa shape index (κ2) is 14.9. The molecule has 0 bridgehead atoms. The summed E-state index contributed by atoms with van der Waals surface area (Å²) in [7, 11) is 5.36. The zero-order valence-electron chi connectivity index (χ0n) is 26.6. The Hall–Kier alpha value is -4.22. The van der Waals surface area contributed by atoms with Crippen LogP contribution < -0.4 is 15.1 Å². The van der Waals surface area contributed by atoms with Crippen LogP contribution >= 0.6 is 0 Å². The van der Waals surface area contributed by atoms with E-state index in [1.54, 1.807) is 18.2 Å². The zero-order chi connectivity index (χ0) is 33.6. The number of halogens is 4. The molecule has 1 aromatic carbocycles. The molecule has 1 saturated heterocycles. The number of aryl methyl sites for hydroxylation is 1. The minimum absolute atomic E-state index is 0.00608. The molecule has 0 aliphatic carbocycles. The number of carbonyl (C=O) groups is 2. The molecule has 14 heteroatoms. The van der Waals surface area contributed by atoms with Crippen molar-refractivity contribution in [2.75, 3.05) is 88.6 Å². The molecule has 1 atom stereocenters. The second-order valence-electron chi connectivity index (χ2n) is 11.8. The van der Waals surface area contributed by atoms with E-state index in [2.05, 4.69) is 15.2 Å². The van der Waals surface area contributed by atoms with Crippen molar-refractivity contribution in [2.24, 2.45) is 0 Å². The number of pyridine rings is 1. The Morgan fingerprint density at radius 3 is 2.54 bits per heavy atom. The number of para-hydroxylation sites is 1. The Morgan fingerprint density at radius 2 is 1.89 bits per heavy atom. The molecule has 0 saturated carbocycles. The summed E-state index contributed by atoms with van der Waals surface area (Å²) in [4.78, 5) is 39.4. The van der Waals surface area contributed by atoms with Crippen LogP contribution in [-0.2, 0) is 15.8 Å². The van der Waals surface area contributed by atoms with Gasteiger partial charge in [0.25, 0.3) is 0 Å². The number of hydrogen-bond donors (Lipinski definition) is 1. The monoisotopic (exact) mass is 644 g/mol. The SMILES string of the molecule is Cc1cc(C(F)(F)F)c(C#N)c(N[C@H]2CCN(CCCN3CCN(C(=O)/C=C/CN(C)C)CC3)c3c(F)cccc3N(C)C2=O)n1. The second-order valence-corrected chi connectivity index (χ2v) is 11.8. The molecule has 0 spiro atoms. The van der Waals surface area contributed by atoms with Crippen molar-refractivity contribution in [1.82, 2.24) is 19.7 Å². The van der Waals surface area contributed by atoms with Gasteiger partial charge in [0.1, 0.15) is 29.3 Å². The minimum atomic E-state index is -4.78. The van der Waals surface area contributed by atoms with Crippen LogP contribution in [0.25, 0.3) is 0 Å². The predicted octanol–water partition coefficient (Wildman–Crippen LogP) is 3.73. The number of likely N-dealkylation sites (N-methyl/N-ethyl adjacent to an activating group) is 2. The van der Waals surface area contributed by atoms with Gasteiger partial charge in [0.2, 0.25) is 11.8 Å². The van der Waals surface area contributed by atoms with Gasteiger partial charge >= 0.3 is 6.18 Å². The van der Waals surface area contributed by atoms with E-state index in [0.29, 0.717) is 57.9 Å². The van der Waals surface area contributed by atoms with E-state index in [0.717, 1.165) is 6.07 Å². The van der Waals surface area contributed by atoms with Crippen molar-refractivity contribution in [3.8, 4) is 6.07 Å². The first kappa shape index (κ1) is 34.6. The number of amides is 2. The van der Waals surface area contributed by atoms with Gasteiger partial charge < -0.3 is 24.9 Å². The van der Waals surface area contributed by atoms with Crippen molar-refractivity contribution in [3.63, 3.8) is 0 Å². The molecule has 3 heterocycles. The average Bonchev–Trinajstić information content (AvgIpc) is 3.00.